The summed E-state index contributed by atoms with van der Waals surface area (Å²) in [5.41, 5.74) is 7.54. The number of hydrogen-bond acceptors (Lipinski definition) is 1. The lowest BCUT2D eigenvalue weighted by atomic mass is 9.88. The average Bonchev–Trinajstić information content (AvgIpc) is 2.78. The fraction of sp³-hybridized carbons (Fsp3) is 0. The summed E-state index contributed by atoms with van der Waals surface area (Å²) in [6, 6.07) is 34.9. The molecule has 0 aliphatic carbocycles. The molecule has 0 aliphatic heterocycles. The van der Waals surface area contributed by atoms with Crippen molar-refractivity contribution in [2.45, 2.75) is 0 Å². The van der Waals surface area contributed by atoms with Crippen LogP contribution in [-0.4, -0.2) is 11.1 Å². The molecule has 4 aromatic carbocycles. The van der Waals surface area contributed by atoms with Gasteiger partial charge in [-0.05, 0) is 45.0 Å². The van der Waals surface area contributed by atoms with Crippen molar-refractivity contribution in [1.29, 1.82) is 0 Å². The van der Waals surface area contributed by atoms with Crippen LogP contribution in [0.2, 0.25) is 0 Å². The number of carbonyl (C=O) groups is 1. The molecule has 2 nitrogen and oxygen atoms in total. The van der Waals surface area contributed by atoms with Gasteiger partial charge in [0.05, 0.1) is 0 Å². The lowest BCUT2D eigenvalue weighted by molar-refractivity contribution is -0.131. The minimum absolute atomic E-state index is 0.875. The van der Waals surface area contributed by atoms with E-state index in [9.17, 15) is 4.79 Å². The number of benzene rings is 4. The zero-order chi connectivity index (χ0) is 20.1. The molecule has 0 saturated carbocycles. The van der Waals surface area contributed by atoms with Crippen LogP contribution in [0.4, 0.5) is 0 Å². The van der Waals surface area contributed by atoms with Gasteiger partial charge in [0.15, 0.2) is 0 Å². The largest absolute Gasteiger partial charge is 0.478 e. The van der Waals surface area contributed by atoms with E-state index >= 15 is 0 Å². The van der Waals surface area contributed by atoms with Crippen LogP contribution in [0.5, 0.6) is 0 Å². The van der Waals surface area contributed by atoms with Gasteiger partial charge in [-0.15, -0.1) is 0 Å². The van der Waals surface area contributed by atoms with Crippen LogP contribution < -0.4 is 0 Å². The maximum atomic E-state index is 11.0. The minimum Gasteiger partial charge on any atom is -0.478 e. The smallest absolute Gasteiger partial charge is 0.328 e. The Morgan fingerprint density at radius 3 is 1.62 bits per heavy atom. The van der Waals surface area contributed by atoms with E-state index in [2.05, 4.69) is 48.5 Å². The summed E-state index contributed by atoms with van der Waals surface area (Å²) in [4.78, 5) is 11.0. The van der Waals surface area contributed by atoms with E-state index < -0.39 is 5.97 Å². The number of aliphatic carboxylic acids is 1. The fourth-order valence-corrected chi connectivity index (χ4v) is 3.59. The first-order valence-corrected chi connectivity index (χ1v) is 9.48. The molecule has 0 radical (unpaired) electrons. The average molecular weight is 376 g/mol. The zero-order valence-electron chi connectivity index (χ0n) is 15.8. The molecule has 0 unspecified atom stereocenters. The van der Waals surface area contributed by atoms with Crippen LogP contribution in [0.1, 0.15) is 5.56 Å². The van der Waals surface area contributed by atoms with Gasteiger partial charge < -0.3 is 5.11 Å². The summed E-state index contributed by atoms with van der Waals surface area (Å²) in [6.07, 6.45) is 2.83. The van der Waals surface area contributed by atoms with Crippen molar-refractivity contribution in [3.63, 3.8) is 0 Å². The lowest BCUT2D eigenvalue weighted by Crippen LogP contribution is -1.91. The molecular formula is C27H20O2. The van der Waals surface area contributed by atoms with Gasteiger partial charge in [0.2, 0.25) is 0 Å². The molecular weight excluding hydrogens is 356 g/mol. The van der Waals surface area contributed by atoms with Crippen molar-refractivity contribution in [1.82, 2.24) is 0 Å². The highest BCUT2D eigenvalue weighted by Crippen LogP contribution is 2.39. The Balaban J connectivity index is 1.91. The standard InChI is InChI=1S/C27H20O2/c28-27(29)19-18-21-12-4-5-13-23(21)25-16-8-9-17-26(25)24-15-7-6-14-22(24)20-10-2-1-3-11-20/h1-19H,(H,28,29). The Labute approximate surface area is 170 Å². The van der Waals surface area contributed by atoms with E-state index in [-0.39, 0.29) is 0 Å². The second-order valence-corrected chi connectivity index (χ2v) is 6.72. The quantitative estimate of drug-likeness (QED) is 0.390. The topological polar surface area (TPSA) is 37.3 Å². The lowest BCUT2D eigenvalue weighted by Gasteiger charge is -2.16. The third-order valence-electron chi connectivity index (χ3n) is 4.89. The molecule has 0 aromatic heterocycles. The van der Waals surface area contributed by atoms with E-state index in [1.807, 2.05) is 54.6 Å². The second-order valence-electron chi connectivity index (χ2n) is 6.72. The second kappa shape index (κ2) is 8.41. The van der Waals surface area contributed by atoms with Gasteiger partial charge in [0, 0.05) is 6.08 Å². The van der Waals surface area contributed by atoms with Crippen LogP contribution in [-0.2, 0) is 4.79 Å². The first-order valence-electron chi connectivity index (χ1n) is 9.48. The summed E-state index contributed by atoms with van der Waals surface area (Å²) in [5.74, 6) is -0.956. The Hall–Kier alpha value is -3.91. The number of hydrogen-bond donors (Lipinski definition) is 1. The maximum absolute atomic E-state index is 11.0. The molecule has 29 heavy (non-hydrogen) atoms. The summed E-state index contributed by atoms with van der Waals surface area (Å²) in [6.45, 7) is 0. The minimum atomic E-state index is -0.956. The SMILES string of the molecule is O=C(O)C=Cc1ccccc1-c1ccccc1-c1ccccc1-c1ccccc1. The zero-order valence-corrected chi connectivity index (χ0v) is 15.8. The van der Waals surface area contributed by atoms with Gasteiger partial charge in [-0.1, -0.05) is 103 Å². The molecule has 1 N–H and O–H groups in total. The van der Waals surface area contributed by atoms with Gasteiger partial charge in [-0.2, -0.15) is 0 Å². The summed E-state index contributed by atoms with van der Waals surface area (Å²) in [5, 5.41) is 9.04. The van der Waals surface area contributed by atoms with Crippen molar-refractivity contribution in [3.05, 3.63) is 115 Å². The molecule has 0 amide bonds. The Morgan fingerprint density at radius 1 is 0.552 bits per heavy atom. The van der Waals surface area contributed by atoms with E-state index in [4.69, 9.17) is 5.11 Å². The molecule has 0 aliphatic rings. The van der Waals surface area contributed by atoms with E-state index in [0.29, 0.717) is 0 Å². The Morgan fingerprint density at radius 2 is 1.00 bits per heavy atom. The predicted octanol–water partition coefficient (Wildman–Crippen LogP) is 6.79. The molecule has 4 aromatic rings. The van der Waals surface area contributed by atoms with E-state index in [0.717, 1.165) is 33.4 Å². The Kier molecular flexibility index (Phi) is 5.35. The third-order valence-corrected chi connectivity index (χ3v) is 4.89. The van der Waals surface area contributed by atoms with E-state index in [1.54, 1.807) is 6.08 Å². The predicted molar refractivity (Wildman–Crippen MR) is 119 cm³/mol. The van der Waals surface area contributed by atoms with Crippen molar-refractivity contribution in [2.75, 3.05) is 0 Å². The highest BCUT2D eigenvalue weighted by Gasteiger charge is 2.13. The van der Waals surface area contributed by atoms with Gasteiger partial charge in [-0.25, -0.2) is 4.79 Å². The molecule has 0 bridgehead atoms. The van der Waals surface area contributed by atoms with Crippen LogP contribution >= 0.6 is 0 Å². The highest BCUT2D eigenvalue weighted by molar-refractivity contribution is 5.94. The number of carboxylic acids is 1. The number of carboxylic acid groups (broad SMARTS) is 1. The molecule has 2 heteroatoms. The van der Waals surface area contributed by atoms with Gasteiger partial charge in [-0.3, -0.25) is 0 Å². The van der Waals surface area contributed by atoms with Crippen LogP contribution in [0.3, 0.4) is 0 Å². The third kappa shape index (κ3) is 4.02. The molecule has 0 atom stereocenters. The fourth-order valence-electron chi connectivity index (χ4n) is 3.59. The van der Waals surface area contributed by atoms with Crippen molar-refractivity contribution < 1.29 is 9.90 Å². The van der Waals surface area contributed by atoms with E-state index in [1.165, 1.54) is 11.6 Å². The summed E-state index contributed by atoms with van der Waals surface area (Å²) < 4.78 is 0. The molecule has 4 rings (SSSR count). The molecule has 0 fully saturated rings. The first-order chi connectivity index (χ1) is 14.2. The van der Waals surface area contributed by atoms with Crippen LogP contribution in [0.15, 0.2) is 109 Å². The molecule has 140 valence electrons. The van der Waals surface area contributed by atoms with Gasteiger partial charge >= 0.3 is 5.97 Å². The first kappa shape index (κ1) is 18.5. The van der Waals surface area contributed by atoms with Gasteiger partial charge in [0.25, 0.3) is 0 Å². The Bertz CT molecular complexity index is 1170. The molecule has 0 saturated heterocycles. The molecule has 0 spiro atoms. The van der Waals surface area contributed by atoms with Crippen molar-refractivity contribution >= 4 is 12.0 Å². The van der Waals surface area contributed by atoms with Crippen molar-refractivity contribution in [3.8, 4) is 33.4 Å². The maximum Gasteiger partial charge on any atom is 0.328 e. The normalized spacial score (nSPS) is 10.9. The van der Waals surface area contributed by atoms with Crippen molar-refractivity contribution in [2.24, 2.45) is 0 Å². The van der Waals surface area contributed by atoms with Crippen LogP contribution in [0, 0.1) is 0 Å². The monoisotopic (exact) mass is 376 g/mol. The summed E-state index contributed by atoms with van der Waals surface area (Å²) >= 11 is 0. The highest BCUT2D eigenvalue weighted by atomic mass is 16.4. The van der Waals surface area contributed by atoms with Gasteiger partial charge in [0.1, 0.15) is 0 Å². The summed E-state index contributed by atoms with van der Waals surface area (Å²) in [7, 11) is 0. The molecule has 0 heterocycles. The number of rotatable bonds is 5. The van der Waals surface area contributed by atoms with Crippen LogP contribution in [0.25, 0.3) is 39.5 Å².